The zero-order valence-electron chi connectivity index (χ0n) is 7.88. The number of carbonyl (C=O) groups is 2. The average Bonchev–Trinajstić information content (AvgIpc) is 2.05. The number of hydrogen-bond donors (Lipinski definition) is 0. The zero-order chi connectivity index (χ0) is 9.40. The lowest BCUT2D eigenvalue weighted by Crippen LogP contribution is -2.27. The lowest BCUT2D eigenvalue weighted by Gasteiger charge is -2.15. The van der Waals surface area contributed by atoms with Crippen molar-refractivity contribution in [3.8, 4) is 0 Å². The van der Waals surface area contributed by atoms with Crippen LogP contribution in [0.5, 0.6) is 0 Å². The van der Waals surface area contributed by atoms with Crippen molar-refractivity contribution < 1.29 is 9.59 Å². The van der Waals surface area contributed by atoms with Crippen LogP contribution in [-0.4, -0.2) is 30.7 Å². The van der Waals surface area contributed by atoms with Gasteiger partial charge in [0.1, 0.15) is 6.29 Å². The van der Waals surface area contributed by atoms with Crippen LogP contribution in [0, 0.1) is 0 Å². The first-order valence-corrected chi connectivity index (χ1v) is 4.40. The summed E-state index contributed by atoms with van der Waals surface area (Å²) in [5.74, 6) is 0.170. The summed E-state index contributed by atoms with van der Waals surface area (Å²) in [6.07, 6.45) is 3.70. The maximum atomic E-state index is 11.2. The van der Waals surface area contributed by atoms with E-state index in [9.17, 15) is 9.59 Å². The monoisotopic (exact) mass is 171 g/mol. The predicted molar refractivity (Wildman–Crippen MR) is 47.8 cm³/mol. The number of amides is 1. The Morgan fingerprint density at radius 2 is 2.17 bits per heavy atom. The summed E-state index contributed by atoms with van der Waals surface area (Å²) < 4.78 is 0. The molecule has 0 radical (unpaired) electrons. The molecule has 3 nitrogen and oxygen atoms in total. The Morgan fingerprint density at radius 3 is 2.67 bits per heavy atom. The molecule has 70 valence electrons. The molecule has 0 rings (SSSR count). The molecule has 0 N–H and O–H groups in total. The quantitative estimate of drug-likeness (QED) is 0.445. The van der Waals surface area contributed by atoms with Crippen molar-refractivity contribution in [2.24, 2.45) is 0 Å². The lowest BCUT2D eigenvalue weighted by atomic mass is 10.2. The van der Waals surface area contributed by atoms with Gasteiger partial charge in [0.25, 0.3) is 0 Å². The minimum absolute atomic E-state index is 0.170. The van der Waals surface area contributed by atoms with Crippen molar-refractivity contribution in [3.63, 3.8) is 0 Å². The first-order valence-electron chi connectivity index (χ1n) is 4.40. The van der Waals surface area contributed by atoms with Crippen molar-refractivity contribution in [3.05, 3.63) is 0 Å². The first-order chi connectivity index (χ1) is 5.72. The fraction of sp³-hybridized carbons (Fsp3) is 0.778. The van der Waals surface area contributed by atoms with Crippen LogP contribution in [0.25, 0.3) is 0 Å². The highest BCUT2D eigenvalue weighted by Crippen LogP contribution is 1.96. The molecule has 0 saturated carbocycles. The van der Waals surface area contributed by atoms with E-state index in [1.54, 1.807) is 11.9 Å². The van der Waals surface area contributed by atoms with Crippen LogP contribution in [0.4, 0.5) is 0 Å². The smallest absolute Gasteiger partial charge is 0.222 e. The number of unbranched alkanes of at least 4 members (excludes halogenated alkanes) is 1. The van der Waals surface area contributed by atoms with E-state index in [1.165, 1.54) is 0 Å². The topological polar surface area (TPSA) is 37.4 Å². The van der Waals surface area contributed by atoms with Crippen molar-refractivity contribution in [1.82, 2.24) is 4.90 Å². The molecule has 0 aliphatic rings. The van der Waals surface area contributed by atoms with E-state index in [-0.39, 0.29) is 5.91 Å². The molecule has 0 aromatic heterocycles. The van der Waals surface area contributed by atoms with Gasteiger partial charge in [-0.1, -0.05) is 6.92 Å². The standard InChI is InChI=1S/C9H17NO2/c1-3-6-9(12)10(2)7-4-5-8-11/h8H,3-7H2,1-2H3. The number of carbonyl (C=O) groups excluding carboxylic acids is 2. The van der Waals surface area contributed by atoms with Gasteiger partial charge in [-0.25, -0.2) is 0 Å². The predicted octanol–water partition coefficient (Wildman–Crippen LogP) is 1.22. The van der Waals surface area contributed by atoms with Crippen molar-refractivity contribution in [1.29, 1.82) is 0 Å². The molecule has 0 atom stereocenters. The molecule has 1 amide bonds. The van der Waals surface area contributed by atoms with Gasteiger partial charge in [0, 0.05) is 26.4 Å². The van der Waals surface area contributed by atoms with Gasteiger partial charge in [0.15, 0.2) is 0 Å². The molecule has 0 spiro atoms. The van der Waals surface area contributed by atoms with Gasteiger partial charge in [0.2, 0.25) is 5.91 Å². The highest BCUT2D eigenvalue weighted by molar-refractivity contribution is 5.75. The SMILES string of the molecule is CCCC(=O)N(C)CCCC=O. The third-order valence-corrected chi connectivity index (χ3v) is 1.71. The van der Waals surface area contributed by atoms with Gasteiger partial charge in [-0.2, -0.15) is 0 Å². The zero-order valence-corrected chi connectivity index (χ0v) is 7.88. The molecule has 0 saturated heterocycles. The summed E-state index contributed by atoms with van der Waals surface area (Å²) in [4.78, 5) is 22.8. The number of aldehydes is 1. The third-order valence-electron chi connectivity index (χ3n) is 1.71. The van der Waals surface area contributed by atoms with Gasteiger partial charge in [-0.3, -0.25) is 4.79 Å². The normalized spacial score (nSPS) is 9.50. The second kappa shape index (κ2) is 6.83. The molecule has 0 bridgehead atoms. The van der Waals surface area contributed by atoms with E-state index in [0.717, 1.165) is 19.1 Å². The number of nitrogens with zero attached hydrogens (tertiary/aromatic N) is 1. The van der Waals surface area contributed by atoms with Crippen LogP contribution in [0.2, 0.25) is 0 Å². The average molecular weight is 171 g/mol. The van der Waals surface area contributed by atoms with E-state index >= 15 is 0 Å². The molecule has 0 aromatic carbocycles. The second-order valence-corrected chi connectivity index (χ2v) is 2.87. The molecular formula is C9H17NO2. The summed E-state index contributed by atoms with van der Waals surface area (Å²) >= 11 is 0. The highest BCUT2D eigenvalue weighted by atomic mass is 16.2. The third kappa shape index (κ3) is 4.88. The van der Waals surface area contributed by atoms with E-state index in [1.807, 2.05) is 6.92 Å². The van der Waals surface area contributed by atoms with E-state index in [0.29, 0.717) is 19.4 Å². The Kier molecular flexibility index (Phi) is 6.34. The van der Waals surface area contributed by atoms with Gasteiger partial charge in [-0.05, 0) is 12.8 Å². The van der Waals surface area contributed by atoms with E-state index < -0.39 is 0 Å². The Balaban J connectivity index is 3.49. The van der Waals surface area contributed by atoms with Crippen LogP contribution in [0.15, 0.2) is 0 Å². The summed E-state index contributed by atoms with van der Waals surface area (Å²) in [5.41, 5.74) is 0. The molecular weight excluding hydrogens is 154 g/mol. The molecule has 0 fully saturated rings. The van der Waals surface area contributed by atoms with Crippen molar-refractivity contribution in [2.45, 2.75) is 32.6 Å². The fourth-order valence-electron chi connectivity index (χ4n) is 0.941. The molecule has 0 heterocycles. The van der Waals surface area contributed by atoms with Crippen LogP contribution in [-0.2, 0) is 9.59 Å². The Bertz CT molecular complexity index is 145. The molecule has 0 aliphatic heterocycles. The maximum absolute atomic E-state index is 11.2. The van der Waals surface area contributed by atoms with Crippen LogP contribution < -0.4 is 0 Å². The van der Waals surface area contributed by atoms with Gasteiger partial charge < -0.3 is 9.69 Å². The lowest BCUT2D eigenvalue weighted by molar-refractivity contribution is -0.130. The van der Waals surface area contributed by atoms with Gasteiger partial charge in [0.05, 0.1) is 0 Å². The molecule has 0 unspecified atom stereocenters. The van der Waals surface area contributed by atoms with Crippen LogP contribution in [0.3, 0.4) is 0 Å². The Hall–Kier alpha value is -0.860. The summed E-state index contributed by atoms with van der Waals surface area (Å²) in [7, 11) is 1.78. The van der Waals surface area contributed by atoms with Gasteiger partial charge in [-0.15, -0.1) is 0 Å². The first kappa shape index (κ1) is 11.1. The summed E-state index contributed by atoms with van der Waals surface area (Å²) in [5, 5.41) is 0. The highest BCUT2D eigenvalue weighted by Gasteiger charge is 2.05. The molecule has 0 aromatic rings. The number of rotatable bonds is 6. The van der Waals surface area contributed by atoms with Crippen LogP contribution >= 0.6 is 0 Å². The van der Waals surface area contributed by atoms with E-state index in [2.05, 4.69) is 0 Å². The largest absolute Gasteiger partial charge is 0.346 e. The summed E-state index contributed by atoms with van der Waals surface area (Å²) in [6.45, 7) is 2.68. The minimum Gasteiger partial charge on any atom is -0.346 e. The maximum Gasteiger partial charge on any atom is 0.222 e. The molecule has 3 heteroatoms. The summed E-state index contributed by atoms with van der Waals surface area (Å²) in [6, 6.07) is 0. The second-order valence-electron chi connectivity index (χ2n) is 2.87. The van der Waals surface area contributed by atoms with Crippen LogP contribution in [0.1, 0.15) is 32.6 Å². The molecule has 12 heavy (non-hydrogen) atoms. The number of hydrogen-bond acceptors (Lipinski definition) is 2. The van der Waals surface area contributed by atoms with Crippen molar-refractivity contribution in [2.75, 3.05) is 13.6 Å². The minimum atomic E-state index is 0.170. The Morgan fingerprint density at radius 1 is 1.50 bits per heavy atom. The van der Waals surface area contributed by atoms with Crippen molar-refractivity contribution >= 4 is 12.2 Å². The van der Waals surface area contributed by atoms with Gasteiger partial charge >= 0.3 is 0 Å². The molecule has 0 aliphatic carbocycles. The Labute approximate surface area is 73.7 Å². The van der Waals surface area contributed by atoms with E-state index in [4.69, 9.17) is 0 Å². The fourth-order valence-corrected chi connectivity index (χ4v) is 0.941.